The van der Waals surface area contributed by atoms with Crippen molar-refractivity contribution in [1.82, 2.24) is 0 Å². The van der Waals surface area contributed by atoms with Gasteiger partial charge in [-0.3, -0.25) is 0 Å². The monoisotopic (exact) mass is 209 g/mol. The number of hydrogen-bond acceptors (Lipinski definition) is 3. The summed E-state index contributed by atoms with van der Waals surface area (Å²) in [6, 6.07) is 7.70. The van der Waals surface area contributed by atoms with Gasteiger partial charge in [0.1, 0.15) is 5.75 Å². The fourth-order valence-corrected chi connectivity index (χ4v) is 1.37. The van der Waals surface area contributed by atoms with E-state index in [0.717, 1.165) is 12.2 Å². The Labute approximate surface area is 90.9 Å². The average molecular weight is 209 g/mol. The molecule has 15 heavy (non-hydrogen) atoms. The van der Waals surface area contributed by atoms with Crippen LogP contribution in [-0.2, 0) is 6.42 Å². The molecule has 2 unspecified atom stereocenters. The Kier molecular flexibility index (Phi) is 4.59. The van der Waals surface area contributed by atoms with E-state index in [2.05, 4.69) is 0 Å². The van der Waals surface area contributed by atoms with Crippen LogP contribution in [0.2, 0.25) is 0 Å². The zero-order valence-electron chi connectivity index (χ0n) is 9.31. The van der Waals surface area contributed by atoms with Gasteiger partial charge in [0.05, 0.1) is 13.2 Å². The summed E-state index contributed by atoms with van der Waals surface area (Å²) >= 11 is 0. The third-order valence-corrected chi connectivity index (χ3v) is 2.49. The molecule has 0 spiro atoms. The topological polar surface area (TPSA) is 55.5 Å². The molecule has 1 aromatic carbocycles. The lowest BCUT2D eigenvalue weighted by Gasteiger charge is -2.14. The number of ether oxygens (including phenoxy) is 1. The fraction of sp³-hybridized carbons (Fsp3) is 0.500. The van der Waals surface area contributed by atoms with Crippen LogP contribution in [-0.4, -0.2) is 24.4 Å². The molecule has 0 aliphatic heterocycles. The third kappa shape index (κ3) is 3.90. The van der Waals surface area contributed by atoms with E-state index in [4.69, 9.17) is 10.5 Å². The molecule has 3 N–H and O–H groups in total. The number of hydrogen-bond donors (Lipinski definition) is 2. The lowest BCUT2D eigenvalue weighted by atomic mass is 10.0. The molecular weight excluding hydrogens is 190 g/mol. The highest BCUT2D eigenvalue weighted by atomic mass is 16.5. The van der Waals surface area contributed by atoms with Crippen LogP contribution in [0.3, 0.4) is 0 Å². The van der Waals surface area contributed by atoms with Crippen molar-refractivity contribution in [2.45, 2.75) is 31.9 Å². The summed E-state index contributed by atoms with van der Waals surface area (Å²) in [7, 11) is 1.65. The Balaban J connectivity index is 2.44. The molecule has 3 nitrogen and oxygen atoms in total. The highest BCUT2D eigenvalue weighted by Crippen LogP contribution is 2.13. The molecular formula is C12H19NO2. The lowest BCUT2D eigenvalue weighted by molar-refractivity contribution is 0.141. The van der Waals surface area contributed by atoms with E-state index >= 15 is 0 Å². The van der Waals surface area contributed by atoms with Gasteiger partial charge in [-0.25, -0.2) is 0 Å². The van der Waals surface area contributed by atoms with Crippen molar-refractivity contribution < 1.29 is 9.84 Å². The van der Waals surface area contributed by atoms with Crippen molar-refractivity contribution in [1.29, 1.82) is 0 Å². The minimum Gasteiger partial charge on any atom is -0.497 e. The summed E-state index contributed by atoms with van der Waals surface area (Å²) in [5.41, 5.74) is 6.77. The number of aliphatic hydroxyl groups is 1. The highest BCUT2D eigenvalue weighted by molar-refractivity contribution is 5.27. The molecule has 0 fully saturated rings. The molecule has 0 saturated carbocycles. The van der Waals surface area contributed by atoms with Crippen LogP contribution < -0.4 is 10.5 Å². The molecule has 0 amide bonds. The molecule has 0 bridgehead atoms. The van der Waals surface area contributed by atoms with Crippen LogP contribution in [0.25, 0.3) is 0 Å². The quantitative estimate of drug-likeness (QED) is 0.769. The smallest absolute Gasteiger partial charge is 0.118 e. The average Bonchev–Trinajstić information content (AvgIpc) is 2.26. The number of benzene rings is 1. The largest absolute Gasteiger partial charge is 0.497 e. The first-order valence-electron chi connectivity index (χ1n) is 5.20. The van der Waals surface area contributed by atoms with Crippen LogP contribution in [0, 0.1) is 0 Å². The van der Waals surface area contributed by atoms with Gasteiger partial charge in [-0.1, -0.05) is 12.1 Å². The molecule has 2 atom stereocenters. The van der Waals surface area contributed by atoms with Crippen LogP contribution in [0.4, 0.5) is 0 Å². The van der Waals surface area contributed by atoms with Crippen LogP contribution in [0.15, 0.2) is 24.3 Å². The summed E-state index contributed by atoms with van der Waals surface area (Å²) < 4.78 is 5.06. The normalized spacial score (nSPS) is 14.7. The van der Waals surface area contributed by atoms with Crippen molar-refractivity contribution in [3.63, 3.8) is 0 Å². The third-order valence-electron chi connectivity index (χ3n) is 2.49. The Morgan fingerprint density at radius 1 is 1.33 bits per heavy atom. The Morgan fingerprint density at radius 2 is 1.93 bits per heavy atom. The minimum absolute atomic E-state index is 0.164. The van der Waals surface area contributed by atoms with Gasteiger partial charge < -0.3 is 15.6 Å². The minimum atomic E-state index is -0.424. The fourth-order valence-electron chi connectivity index (χ4n) is 1.37. The Morgan fingerprint density at radius 3 is 2.40 bits per heavy atom. The summed E-state index contributed by atoms with van der Waals surface area (Å²) in [6.07, 6.45) is 1.11. The van der Waals surface area contributed by atoms with Crippen molar-refractivity contribution in [2.75, 3.05) is 7.11 Å². The summed E-state index contributed by atoms with van der Waals surface area (Å²) in [5.74, 6) is 0.853. The number of aryl methyl sites for hydroxylation is 1. The van der Waals surface area contributed by atoms with Crippen molar-refractivity contribution in [3.8, 4) is 5.75 Å². The van der Waals surface area contributed by atoms with Gasteiger partial charge in [0.15, 0.2) is 0 Å². The molecule has 0 aliphatic rings. The highest BCUT2D eigenvalue weighted by Gasteiger charge is 2.08. The van der Waals surface area contributed by atoms with Crippen molar-refractivity contribution in [2.24, 2.45) is 5.73 Å². The van der Waals surface area contributed by atoms with Crippen LogP contribution in [0.1, 0.15) is 18.9 Å². The van der Waals surface area contributed by atoms with Gasteiger partial charge in [0, 0.05) is 6.04 Å². The van der Waals surface area contributed by atoms with E-state index in [9.17, 15) is 5.11 Å². The molecule has 0 heterocycles. The molecule has 0 saturated heterocycles. The van der Waals surface area contributed by atoms with E-state index in [1.54, 1.807) is 7.11 Å². The van der Waals surface area contributed by atoms with E-state index in [-0.39, 0.29) is 6.04 Å². The first-order valence-corrected chi connectivity index (χ1v) is 5.20. The van der Waals surface area contributed by atoms with E-state index in [0.29, 0.717) is 6.42 Å². The van der Waals surface area contributed by atoms with Crippen molar-refractivity contribution in [3.05, 3.63) is 29.8 Å². The first-order chi connectivity index (χ1) is 7.13. The maximum atomic E-state index is 9.54. The Bertz CT molecular complexity index is 282. The second kappa shape index (κ2) is 5.73. The number of aliphatic hydroxyl groups excluding tert-OH is 1. The van der Waals surface area contributed by atoms with Crippen molar-refractivity contribution >= 4 is 0 Å². The maximum Gasteiger partial charge on any atom is 0.118 e. The molecule has 0 radical (unpaired) electrons. The molecule has 1 aromatic rings. The molecule has 3 heteroatoms. The van der Waals surface area contributed by atoms with Crippen LogP contribution >= 0.6 is 0 Å². The van der Waals surface area contributed by atoms with Gasteiger partial charge in [0.2, 0.25) is 0 Å². The van der Waals surface area contributed by atoms with Crippen LogP contribution in [0.5, 0.6) is 5.75 Å². The standard InChI is InChI=1S/C12H19NO2/c1-9(13)12(14)8-5-10-3-6-11(15-2)7-4-10/h3-4,6-7,9,12,14H,5,8,13H2,1-2H3. The summed E-state index contributed by atoms with van der Waals surface area (Å²) in [4.78, 5) is 0. The lowest BCUT2D eigenvalue weighted by Crippen LogP contribution is -2.31. The second-order valence-electron chi connectivity index (χ2n) is 3.81. The molecule has 1 rings (SSSR count). The van der Waals surface area contributed by atoms with Gasteiger partial charge in [-0.2, -0.15) is 0 Å². The second-order valence-corrected chi connectivity index (χ2v) is 3.81. The van der Waals surface area contributed by atoms with Gasteiger partial charge in [-0.15, -0.1) is 0 Å². The van der Waals surface area contributed by atoms with Gasteiger partial charge in [0.25, 0.3) is 0 Å². The SMILES string of the molecule is COc1ccc(CCC(O)C(C)N)cc1. The number of rotatable bonds is 5. The van der Waals surface area contributed by atoms with E-state index < -0.39 is 6.10 Å². The number of methoxy groups -OCH3 is 1. The Hall–Kier alpha value is -1.06. The van der Waals surface area contributed by atoms with Gasteiger partial charge >= 0.3 is 0 Å². The molecule has 84 valence electrons. The summed E-state index contributed by atoms with van der Waals surface area (Å²) in [5, 5.41) is 9.54. The maximum absolute atomic E-state index is 9.54. The van der Waals surface area contributed by atoms with E-state index in [1.165, 1.54) is 5.56 Å². The first kappa shape index (κ1) is 12.0. The van der Waals surface area contributed by atoms with Gasteiger partial charge in [-0.05, 0) is 37.5 Å². The van der Waals surface area contributed by atoms with E-state index in [1.807, 2.05) is 31.2 Å². The molecule has 0 aliphatic carbocycles. The molecule has 0 aromatic heterocycles. The zero-order chi connectivity index (χ0) is 11.3. The number of nitrogens with two attached hydrogens (primary N) is 1. The summed E-state index contributed by atoms with van der Waals surface area (Å²) in [6.45, 7) is 1.82. The predicted molar refractivity (Wildman–Crippen MR) is 61.0 cm³/mol. The predicted octanol–water partition coefficient (Wildman–Crippen LogP) is 1.34. The zero-order valence-corrected chi connectivity index (χ0v) is 9.31.